The normalized spacial score (nSPS) is 11.1. The second kappa shape index (κ2) is 4.37. The summed E-state index contributed by atoms with van der Waals surface area (Å²) < 4.78 is 6.59. The molecule has 0 N–H and O–H groups in total. The molecule has 0 saturated carbocycles. The Morgan fingerprint density at radius 3 is 2.71 bits per heavy atom. The van der Waals surface area contributed by atoms with Crippen LogP contribution >= 0.6 is 11.6 Å². The highest BCUT2D eigenvalue weighted by Gasteiger charge is 2.16. The molecule has 4 nitrogen and oxygen atoms in total. The molecule has 0 aromatic carbocycles. The van der Waals surface area contributed by atoms with Crippen LogP contribution in [0.4, 0.5) is 0 Å². The summed E-state index contributed by atoms with van der Waals surface area (Å²) in [4.78, 5) is 16.5. The molecule has 17 heavy (non-hydrogen) atoms. The van der Waals surface area contributed by atoms with Crippen LogP contribution < -0.4 is 10.3 Å². The highest BCUT2D eigenvalue weighted by Crippen LogP contribution is 2.21. The van der Waals surface area contributed by atoms with Crippen LogP contribution in [-0.4, -0.2) is 16.5 Å². The van der Waals surface area contributed by atoms with Crippen LogP contribution in [0.25, 0.3) is 5.65 Å². The number of methoxy groups -OCH3 is 1. The van der Waals surface area contributed by atoms with E-state index in [9.17, 15) is 4.79 Å². The summed E-state index contributed by atoms with van der Waals surface area (Å²) in [5, 5.41) is 0.262. The Hall–Kier alpha value is -1.55. The molecule has 0 amide bonds. The first-order valence-corrected chi connectivity index (χ1v) is 5.69. The summed E-state index contributed by atoms with van der Waals surface area (Å²) in [5.41, 5.74) is 0.824. The van der Waals surface area contributed by atoms with Gasteiger partial charge >= 0.3 is 0 Å². The molecule has 2 rings (SSSR count). The van der Waals surface area contributed by atoms with Crippen molar-refractivity contribution in [3.63, 3.8) is 0 Å². The molecule has 0 aliphatic carbocycles. The van der Waals surface area contributed by atoms with Gasteiger partial charge in [-0.05, 0) is 18.1 Å². The van der Waals surface area contributed by atoms with Gasteiger partial charge in [0.1, 0.15) is 10.8 Å². The Morgan fingerprint density at radius 2 is 2.12 bits per heavy atom. The number of fused-ring (bicyclic) bond motifs is 1. The van der Waals surface area contributed by atoms with Gasteiger partial charge in [0.15, 0.2) is 0 Å². The van der Waals surface area contributed by atoms with Gasteiger partial charge in [-0.3, -0.25) is 4.79 Å². The van der Waals surface area contributed by atoms with E-state index in [0.29, 0.717) is 17.1 Å². The topological polar surface area (TPSA) is 43.6 Å². The SMILES string of the molecule is COc1cccc2nc(Cl)c(C(C)C)c(=O)n12. The smallest absolute Gasteiger partial charge is 0.265 e. The summed E-state index contributed by atoms with van der Waals surface area (Å²) in [6, 6.07) is 5.21. The Kier molecular flexibility index (Phi) is 3.07. The second-order valence-electron chi connectivity index (χ2n) is 4.04. The van der Waals surface area contributed by atoms with Crippen molar-refractivity contribution in [2.75, 3.05) is 7.11 Å². The van der Waals surface area contributed by atoms with Crippen molar-refractivity contribution in [1.29, 1.82) is 0 Å². The maximum Gasteiger partial charge on any atom is 0.265 e. The van der Waals surface area contributed by atoms with Gasteiger partial charge in [0.25, 0.3) is 5.56 Å². The molecule has 90 valence electrons. The molecule has 5 heteroatoms. The predicted octanol–water partition coefficient (Wildman–Crippen LogP) is 2.48. The van der Waals surface area contributed by atoms with Crippen molar-refractivity contribution < 1.29 is 4.74 Å². The van der Waals surface area contributed by atoms with E-state index in [2.05, 4.69) is 4.98 Å². The van der Waals surface area contributed by atoms with Gasteiger partial charge in [-0.2, -0.15) is 0 Å². The maximum atomic E-state index is 12.3. The number of halogens is 1. The fraction of sp³-hybridized carbons (Fsp3) is 0.333. The first-order valence-electron chi connectivity index (χ1n) is 5.31. The highest BCUT2D eigenvalue weighted by atomic mass is 35.5. The zero-order valence-electron chi connectivity index (χ0n) is 9.90. The van der Waals surface area contributed by atoms with Crippen LogP contribution in [0.3, 0.4) is 0 Å². The van der Waals surface area contributed by atoms with Crippen molar-refractivity contribution >= 4 is 17.2 Å². The number of pyridine rings is 1. The molecular weight excluding hydrogens is 240 g/mol. The fourth-order valence-electron chi connectivity index (χ4n) is 1.78. The number of hydrogen-bond acceptors (Lipinski definition) is 3. The van der Waals surface area contributed by atoms with E-state index >= 15 is 0 Å². The molecule has 0 spiro atoms. The van der Waals surface area contributed by atoms with Crippen LogP contribution in [-0.2, 0) is 0 Å². The standard InChI is InChI=1S/C12H13ClN2O2/c1-7(2)10-11(13)14-8-5-4-6-9(17-3)15(8)12(10)16/h4-7H,1-3H3. The molecule has 0 saturated heterocycles. The summed E-state index contributed by atoms with van der Waals surface area (Å²) in [6.07, 6.45) is 0. The molecule has 0 unspecified atom stereocenters. The zero-order valence-corrected chi connectivity index (χ0v) is 10.7. The van der Waals surface area contributed by atoms with Crippen molar-refractivity contribution in [2.45, 2.75) is 19.8 Å². The van der Waals surface area contributed by atoms with Gasteiger partial charge < -0.3 is 4.74 Å². The predicted molar refractivity (Wildman–Crippen MR) is 67.1 cm³/mol. The van der Waals surface area contributed by atoms with Crippen LogP contribution in [0.2, 0.25) is 5.15 Å². The van der Waals surface area contributed by atoms with Gasteiger partial charge in [0.2, 0.25) is 5.88 Å². The Morgan fingerprint density at radius 1 is 1.41 bits per heavy atom. The van der Waals surface area contributed by atoms with Crippen molar-refractivity contribution in [3.8, 4) is 5.88 Å². The monoisotopic (exact) mass is 252 g/mol. The minimum atomic E-state index is -0.174. The second-order valence-corrected chi connectivity index (χ2v) is 4.40. The number of ether oxygens (including phenoxy) is 1. The Bertz CT molecular complexity index is 620. The number of nitrogens with zero attached hydrogens (tertiary/aromatic N) is 2. The van der Waals surface area contributed by atoms with Crippen molar-refractivity contribution in [2.24, 2.45) is 0 Å². The minimum absolute atomic E-state index is 0.0179. The lowest BCUT2D eigenvalue weighted by atomic mass is 10.1. The van der Waals surface area contributed by atoms with Crippen LogP contribution in [0.1, 0.15) is 25.3 Å². The molecule has 0 aliphatic rings. The third-order valence-corrected chi connectivity index (χ3v) is 2.88. The van der Waals surface area contributed by atoms with E-state index in [-0.39, 0.29) is 16.6 Å². The first kappa shape index (κ1) is 11.9. The van der Waals surface area contributed by atoms with Crippen molar-refractivity contribution in [1.82, 2.24) is 9.38 Å². The summed E-state index contributed by atoms with van der Waals surface area (Å²) in [7, 11) is 1.52. The van der Waals surface area contributed by atoms with E-state index in [4.69, 9.17) is 16.3 Å². The molecule has 0 atom stereocenters. The summed E-state index contributed by atoms with van der Waals surface area (Å²) in [5.74, 6) is 0.475. The number of aromatic nitrogens is 2. The van der Waals surface area contributed by atoms with E-state index in [1.165, 1.54) is 11.5 Å². The zero-order chi connectivity index (χ0) is 12.6. The molecular formula is C12H13ClN2O2. The Labute approximate surface area is 104 Å². The summed E-state index contributed by atoms with van der Waals surface area (Å²) in [6.45, 7) is 3.82. The van der Waals surface area contributed by atoms with Gasteiger partial charge in [-0.1, -0.05) is 31.5 Å². The lowest BCUT2D eigenvalue weighted by Crippen LogP contribution is -2.22. The molecule has 2 heterocycles. The van der Waals surface area contributed by atoms with Gasteiger partial charge in [0.05, 0.1) is 12.7 Å². The first-order chi connectivity index (χ1) is 8.06. The molecule has 0 fully saturated rings. The lowest BCUT2D eigenvalue weighted by Gasteiger charge is -2.11. The fourth-order valence-corrected chi connectivity index (χ4v) is 2.17. The van der Waals surface area contributed by atoms with Gasteiger partial charge in [-0.25, -0.2) is 9.38 Å². The highest BCUT2D eigenvalue weighted by molar-refractivity contribution is 6.30. The maximum absolute atomic E-state index is 12.3. The number of hydrogen-bond donors (Lipinski definition) is 0. The summed E-state index contributed by atoms with van der Waals surface area (Å²) >= 11 is 6.03. The third kappa shape index (κ3) is 1.89. The third-order valence-electron chi connectivity index (χ3n) is 2.59. The van der Waals surface area contributed by atoms with Crippen LogP contribution in [0, 0.1) is 0 Å². The van der Waals surface area contributed by atoms with Crippen molar-refractivity contribution in [3.05, 3.63) is 39.3 Å². The van der Waals surface area contributed by atoms with Gasteiger partial charge in [-0.15, -0.1) is 0 Å². The lowest BCUT2D eigenvalue weighted by molar-refractivity contribution is 0.389. The molecule has 0 bridgehead atoms. The average Bonchev–Trinajstić information content (AvgIpc) is 2.27. The average molecular weight is 253 g/mol. The van der Waals surface area contributed by atoms with E-state index in [0.717, 1.165) is 0 Å². The van der Waals surface area contributed by atoms with Crippen LogP contribution in [0.5, 0.6) is 5.88 Å². The minimum Gasteiger partial charge on any atom is -0.482 e. The van der Waals surface area contributed by atoms with Crippen LogP contribution in [0.15, 0.2) is 23.0 Å². The van der Waals surface area contributed by atoms with E-state index in [1.54, 1.807) is 18.2 Å². The molecule has 2 aromatic heterocycles. The molecule has 0 radical (unpaired) electrons. The van der Waals surface area contributed by atoms with Gasteiger partial charge in [0, 0.05) is 0 Å². The quantitative estimate of drug-likeness (QED) is 0.772. The largest absolute Gasteiger partial charge is 0.482 e. The molecule has 2 aromatic rings. The number of rotatable bonds is 2. The Balaban J connectivity index is 2.94. The van der Waals surface area contributed by atoms with E-state index in [1.807, 2.05) is 13.8 Å². The van der Waals surface area contributed by atoms with E-state index < -0.39 is 0 Å². The molecule has 0 aliphatic heterocycles.